The minimum absolute atomic E-state index is 0.548. The number of rotatable bonds is 3. The Bertz CT molecular complexity index is 333. The number of nitrogens with one attached hydrogen (secondary N) is 1. The van der Waals surface area contributed by atoms with Gasteiger partial charge in [-0.15, -0.1) is 5.10 Å². The second-order valence-electron chi connectivity index (χ2n) is 5.67. The predicted molar refractivity (Wildman–Crippen MR) is 63.9 cm³/mol. The van der Waals surface area contributed by atoms with E-state index in [9.17, 15) is 0 Å². The average Bonchev–Trinajstić information content (AvgIpc) is 2.63. The largest absolute Gasteiger partial charge is 0.308 e. The molecule has 0 spiro atoms. The maximum Gasteiger partial charge on any atom is 0.0738 e. The van der Waals surface area contributed by atoms with E-state index in [4.69, 9.17) is 0 Å². The monoisotopic (exact) mass is 222 g/mol. The van der Waals surface area contributed by atoms with Gasteiger partial charge in [-0.3, -0.25) is 4.68 Å². The zero-order chi connectivity index (χ0) is 11.6. The van der Waals surface area contributed by atoms with Crippen LogP contribution in [0.15, 0.2) is 6.20 Å². The van der Waals surface area contributed by atoms with E-state index in [1.165, 1.54) is 25.7 Å². The fourth-order valence-electron chi connectivity index (χ4n) is 2.32. The van der Waals surface area contributed by atoms with Crippen LogP contribution in [0.2, 0.25) is 0 Å². The molecule has 0 aliphatic heterocycles. The van der Waals surface area contributed by atoms with E-state index >= 15 is 0 Å². The fourth-order valence-corrected chi connectivity index (χ4v) is 2.32. The highest BCUT2D eigenvalue weighted by atomic mass is 15.4. The van der Waals surface area contributed by atoms with E-state index in [0.29, 0.717) is 11.5 Å². The van der Waals surface area contributed by atoms with Gasteiger partial charge in [-0.25, -0.2) is 0 Å². The molecule has 1 heterocycles. The molecule has 0 atom stereocenters. The van der Waals surface area contributed by atoms with Crippen LogP contribution < -0.4 is 5.32 Å². The smallest absolute Gasteiger partial charge is 0.0738 e. The predicted octanol–water partition coefficient (Wildman–Crippen LogP) is 1.87. The molecule has 1 fully saturated rings. The molecule has 0 unspecified atom stereocenters. The van der Waals surface area contributed by atoms with Gasteiger partial charge in [0.2, 0.25) is 0 Å². The first-order chi connectivity index (χ1) is 7.57. The summed E-state index contributed by atoms with van der Waals surface area (Å²) < 4.78 is 1.83. The first kappa shape index (κ1) is 11.6. The van der Waals surface area contributed by atoms with E-state index in [-0.39, 0.29) is 0 Å². The van der Waals surface area contributed by atoms with Gasteiger partial charge in [-0.1, -0.05) is 19.1 Å². The zero-order valence-electron chi connectivity index (χ0n) is 10.5. The van der Waals surface area contributed by atoms with Crippen LogP contribution in [0.5, 0.6) is 0 Å². The van der Waals surface area contributed by atoms with Gasteiger partial charge in [-0.2, -0.15) is 0 Å². The lowest BCUT2D eigenvalue weighted by Crippen LogP contribution is -2.35. The maximum absolute atomic E-state index is 3.93. The van der Waals surface area contributed by atoms with Gasteiger partial charge in [-0.05, 0) is 31.1 Å². The summed E-state index contributed by atoms with van der Waals surface area (Å²) in [7, 11) is 1.94. The molecule has 16 heavy (non-hydrogen) atoms. The maximum atomic E-state index is 3.93. The molecule has 1 aromatic rings. The Labute approximate surface area is 97.4 Å². The van der Waals surface area contributed by atoms with Crippen molar-refractivity contribution in [2.75, 3.05) is 0 Å². The Hall–Kier alpha value is -0.900. The summed E-state index contributed by atoms with van der Waals surface area (Å²) in [6.07, 6.45) is 7.07. The Morgan fingerprint density at radius 3 is 2.69 bits per heavy atom. The second kappa shape index (κ2) is 4.53. The SMILES string of the molecule is Cn1nncc1CNC1CCC(C)(C)CC1. The number of hydrogen-bond donors (Lipinski definition) is 1. The lowest BCUT2D eigenvalue weighted by atomic mass is 9.75. The van der Waals surface area contributed by atoms with Crippen LogP contribution in [0.3, 0.4) is 0 Å². The Morgan fingerprint density at radius 1 is 1.44 bits per heavy atom. The first-order valence-corrected chi connectivity index (χ1v) is 6.14. The highest BCUT2D eigenvalue weighted by Crippen LogP contribution is 2.34. The molecule has 4 heteroatoms. The molecule has 1 aromatic heterocycles. The van der Waals surface area contributed by atoms with Gasteiger partial charge >= 0.3 is 0 Å². The Morgan fingerprint density at radius 2 is 2.12 bits per heavy atom. The van der Waals surface area contributed by atoms with Crippen LogP contribution in [0.1, 0.15) is 45.2 Å². The molecule has 2 rings (SSSR count). The minimum Gasteiger partial charge on any atom is -0.308 e. The van der Waals surface area contributed by atoms with Crippen LogP contribution in [-0.2, 0) is 13.6 Å². The Kier molecular flexibility index (Phi) is 3.28. The second-order valence-corrected chi connectivity index (χ2v) is 5.67. The lowest BCUT2D eigenvalue weighted by molar-refractivity contribution is 0.205. The third-order valence-corrected chi connectivity index (χ3v) is 3.72. The van der Waals surface area contributed by atoms with Crippen molar-refractivity contribution in [3.63, 3.8) is 0 Å². The Balaban J connectivity index is 1.78. The van der Waals surface area contributed by atoms with Gasteiger partial charge in [0, 0.05) is 19.6 Å². The van der Waals surface area contributed by atoms with Crippen LogP contribution in [0.4, 0.5) is 0 Å². The summed E-state index contributed by atoms with van der Waals surface area (Å²) in [4.78, 5) is 0. The van der Waals surface area contributed by atoms with Crippen molar-refractivity contribution in [2.45, 2.75) is 52.1 Å². The summed E-state index contributed by atoms with van der Waals surface area (Å²) in [5.74, 6) is 0. The number of aromatic nitrogens is 3. The fraction of sp³-hybridized carbons (Fsp3) is 0.833. The zero-order valence-corrected chi connectivity index (χ0v) is 10.5. The van der Waals surface area contributed by atoms with E-state index in [0.717, 1.165) is 12.2 Å². The van der Waals surface area contributed by atoms with Crippen molar-refractivity contribution < 1.29 is 0 Å². The van der Waals surface area contributed by atoms with Gasteiger partial charge < -0.3 is 5.32 Å². The van der Waals surface area contributed by atoms with Gasteiger partial charge in [0.25, 0.3) is 0 Å². The van der Waals surface area contributed by atoms with Crippen molar-refractivity contribution >= 4 is 0 Å². The normalized spacial score (nSPS) is 21.2. The van der Waals surface area contributed by atoms with E-state index < -0.39 is 0 Å². The minimum atomic E-state index is 0.548. The molecule has 1 aliphatic carbocycles. The quantitative estimate of drug-likeness (QED) is 0.849. The van der Waals surface area contributed by atoms with Crippen molar-refractivity contribution in [1.82, 2.24) is 20.3 Å². The summed E-state index contributed by atoms with van der Waals surface area (Å²) in [6, 6.07) is 0.669. The van der Waals surface area contributed by atoms with Crippen LogP contribution >= 0.6 is 0 Å². The van der Waals surface area contributed by atoms with Crippen LogP contribution in [0, 0.1) is 5.41 Å². The summed E-state index contributed by atoms with van der Waals surface area (Å²) >= 11 is 0. The topological polar surface area (TPSA) is 42.7 Å². The molecule has 1 N–H and O–H groups in total. The number of hydrogen-bond acceptors (Lipinski definition) is 3. The highest BCUT2D eigenvalue weighted by molar-refractivity contribution is 4.93. The van der Waals surface area contributed by atoms with Crippen LogP contribution in [0.25, 0.3) is 0 Å². The molecule has 0 saturated heterocycles. The third-order valence-electron chi connectivity index (χ3n) is 3.72. The molecule has 0 amide bonds. The van der Waals surface area contributed by atoms with Gasteiger partial charge in [0.1, 0.15) is 0 Å². The molecule has 90 valence electrons. The molecule has 4 nitrogen and oxygen atoms in total. The van der Waals surface area contributed by atoms with E-state index in [1.54, 1.807) is 0 Å². The molecular weight excluding hydrogens is 200 g/mol. The lowest BCUT2D eigenvalue weighted by Gasteiger charge is -2.34. The summed E-state index contributed by atoms with van der Waals surface area (Å²) in [6.45, 7) is 5.62. The molecule has 1 saturated carbocycles. The molecule has 0 aromatic carbocycles. The average molecular weight is 222 g/mol. The number of aryl methyl sites for hydroxylation is 1. The van der Waals surface area contributed by atoms with Crippen LogP contribution in [-0.4, -0.2) is 21.0 Å². The molecular formula is C12H22N4. The molecule has 0 radical (unpaired) electrons. The summed E-state index contributed by atoms with van der Waals surface area (Å²) in [5, 5.41) is 11.4. The third kappa shape index (κ3) is 2.82. The van der Waals surface area contributed by atoms with E-state index in [1.807, 2.05) is 17.9 Å². The highest BCUT2D eigenvalue weighted by Gasteiger charge is 2.26. The van der Waals surface area contributed by atoms with Gasteiger partial charge in [0.05, 0.1) is 11.9 Å². The standard InChI is InChI=1S/C12H22N4/c1-12(2)6-4-10(5-7-12)13-8-11-9-14-15-16(11)3/h9-10,13H,4-8H2,1-3H3. The molecule has 0 bridgehead atoms. The van der Waals surface area contributed by atoms with Crippen molar-refractivity contribution in [3.8, 4) is 0 Å². The first-order valence-electron chi connectivity index (χ1n) is 6.14. The summed E-state index contributed by atoms with van der Waals surface area (Å²) in [5.41, 5.74) is 1.71. The molecule has 1 aliphatic rings. The number of nitrogens with zero attached hydrogens (tertiary/aromatic N) is 3. The van der Waals surface area contributed by atoms with Crippen molar-refractivity contribution in [3.05, 3.63) is 11.9 Å². The van der Waals surface area contributed by atoms with Crippen molar-refractivity contribution in [1.29, 1.82) is 0 Å². The van der Waals surface area contributed by atoms with Crippen molar-refractivity contribution in [2.24, 2.45) is 12.5 Å². The van der Waals surface area contributed by atoms with E-state index in [2.05, 4.69) is 29.5 Å². The van der Waals surface area contributed by atoms with Gasteiger partial charge in [0.15, 0.2) is 0 Å².